The number of aromatic amines is 1. The van der Waals surface area contributed by atoms with Gasteiger partial charge in [-0.1, -0.05) is 55.8 Å². The monoisotopic (exact) mass is 792 g/mol. The van der Waals surface area contributed by atoms with Crippen LogP contribution in [-0.2, 0) is 41.1 Å². The molecule has 0 amide bonds. The first-order valence-corrected chi connectivity index (χ1v) is 21.4. The number of carbonyl (C=O) groups excluding carboxylic acids is 2. The molecule has 1 spiro atoms. The van der Waals surface area contributed by atoms with Gasteiger partial charge in [-0.25, -0.2) is 0 Å². The van der Waals surface area contributed by atoms with Crippen LogP contribution < -0.4 is 9.64 Å². The molecule has 310 valence electrons. The van der Waals surface area contributed by atoms with E-state index in [0.717, 1.165) is 91.0 Å². The van der Waals surface area contributed by atoms with Crippen LogP contribution in [0.4, 0.5) is 5.69 Å². The van der Waals surface area contributed by atoms with Crippen LogP contribution in [0.15, 0.2) is 60.2 Å². The Bertz CT molecular complexity index is 2200. The summed E-state index contributed by atoms with van der Waals surface area (Å²) in [4.78, 5) is 39.5. The van der Waals surface area contributed by atoms with Crippen LogP contribution >= 0.6 is 0 Å². The Morgan fingerprint density at radius 3 is 2.59 bits per heavy atom. The lowest BCUT2D eigenvalue weighted by Crippen LogP contribution is -2.80. The summed E-state index contributed by atoms with van der Waals surface area (Å²) in [7, 11) is 5.23. The van der Waals surface area contributed by atoms with Crippen LogP contribution in [0.2, 0.25) is 0 Å². The molecule has 2 unspecified atom stereocenters. The van der Waals surface area contributed by atoms with Gasteiger partial charge >= 0.3 is 11.9 Å². The number of hydrogen-bond donors (Lipinski definition) is 2. The number of methoxy groups -OCH3 is 2. The maximum Gasteiger partial charge on any atom is 0.322 e. The molecule has 2 bridgehead atoms. The number of likely N-dealkylation sites (N-methyl/N-ethyl adjacent to an activating group) is 1. The SMILES string of the molecule is CCOC[C@@]1(O)[C@H](OC(C)=O)[C@]2(CC)C=CCN3CC[C@@]4(c5cc([C@@]6(C(=O)OC)C[C@@H]7C=C(CC)CN(CCc8c6[nH]c6ccccc86)C7)c(OC)cc5N(C)[C@@H]14)C32. The number of aliphatic hydroxyl groups is 1. The Morgan fingerprint density at radius 2 is 1.86 bits per heavy atom. The van der Waals surface area contributed by atoms with E-state index in [4.69, 9.17) is 18.9 Å². The Kier molecular flexibility index (Phi) is 9.65. The molecule has 1 aliphatic carbocycles. The lowest BCUT2D eigenvalue weighted by atomic mass is 9.47. The number of ether oxygens (including phenoxy) is 4. The Morgan fingerprint density at radius 1 is 1.05 bits per heavy atom. The Labute approximate surface area is 342 Å². The van der Waals surface area contributed by atoms with Crippen molar-refractivity contribution in [2.75, 3.05) is 72.1 Å². The zero-order valence-corrected chi connectivity index (χ0v) is 35.2. The van der Waals surface area contributed by atoms with Crippen molar-refractivity contribution in [3.63, 3.8) is 0 Å². The summed E-state index contributed by atoms with van der Waals surface area (Å²) in [6.45, 7) is 12.3. The van der Waals surface area contributed by atoms with Crippen LogP contribution in [0.25, 0.3) is 10.9 Å². The summed E-state index contributed by atoms with van der Waals surface area (Å²) in [5.41, 5.74) is 2.92. The molecule has 2 aromatic carbocycles. The van der Waals surface area contributed by atoms with Gasteiger partial charge in [-0.15, -0.1) is 0 Å². The minimum absolute atomic E-state index is 0.00665. The van der Waals surface area contributed by atoms with Crippen molar-refractivity contribution in [2.24, 2.45) is 11.3 Å². The molecular formula is C47H60N4O7. The molecule has 1 saturated heterocycles. The lowest BCUT2D eigenvalue weighted by Gasteiger charge is -2.64. The van der Waals surface area contributed by atoms with Crippen LogP contribution in [0.3, 0.4) is 0 Å². The number of rotatable bonds is 9. The van der Waals surface area contributed by atoms with Crippen LogP contribution in [0.1, 0.15) is 75.8 Å². The second kappa shape index (κ2) is 14.2. The number of para-hydroxylation sites is 1. The van der Waals surface area contributed by atoms with Crippen LogP contribution in [0.5, 0.6) is 5.75 Å². The van der Waals surface area contributed by atoms with E-state index in [9.17, 15) is 9.90 Å². The molecule has 58 heavy (non-hydrogen) atoms. The molecule has 11 heteroatoms. The van der Waals surface area contributed by atoms with Crippen molar-refractivity contribution in [3.05, 3.63) is 82.6 Å². The average molecular weight is 793 g/mol. The van der Waals surface area contributed by atoms with Gasteiger partial charge in [0.2, 0.25) is 0 Å². The van der Waals surface area contributed by atoms with Crippen molar-refractivity contribution in [1.29, 1.82) is 0 Å². The molecule has 1 aromatic heterocycles. The average Bonchev–Trinajstić information content (AvgIpc) is 3.89. The van der Waals surface area contributed by atoms with Gasteiger partial charge in [-0.3, -0.25) is 19.4 Å². The fourth-order valence-electron chi connectivity index (χ4n) is 13.2. The molecule has 11 nitrogen and oxygen atoms in total. The molecule has 2 N–H and O–H groups in total. The number of nitrogens with one attached hydrogen (secondary N) is 1. The van der Waals surface area contributed by atoms with Crippen LogP contribution in [-0.4, -0.2) is 123 Å². The van der Waals surface area contributed by atoms with E-state index in [2.05, 4.69) is 82.1 Å². The summed E-state index contributed by atoms with van der Waals surface area (Å²) in [5, 5.41) is 14.6. The smallest absolute Gasteiger partial charge is 0.322 e. The van der Waals surface area contributed by atoms with E-state index in [1.54, 1.807) is 7.11 Å². The van der Waals surface area contributed by atoms with E-state index >= 15 is 4.79 Å². The van der Waals surface area contributed by atoms with Crippen molar-refractivity contribution < 1.29 is 33.6 Å². The zero-order valence-electron chi connectivity index (χ0n) is 35.2. The van der Waals surface area contributed by atoms with E-state index < -0.39 is 40.0 Å². The number of esters is 2. The normalized spacial score (nSPS) is 34.9. The fourth-order valence-corrected chi connectivity index (χ4v) is 13.2. The predicted molar refractivity (Wildman–Crippen MR) is 223 cm³/mol. The van der Waals surface area contributed by atoms with Crippen molar-refractivity contribution in [1.82, 2.24) is 14.8 Å². The molecule has 9 atom stereocenters. The summed E-state index contributed by atoms with van der Waals surface area (Å²) >= 11 is 0. The van der Waals surface area contributed by atoms with Gasteiger partial charge in [-0.05, 0) is 74.8 Å². The van der Waals surface area contributed by atoms with Crippen molar-refractivity contribution in [3.8, 4) is 5.75 Å². The first-order chi connectivity index (χ1) is 28.0. The quantitative estimate of drug-likeness (QED) is 0.208. The minimum atomic E-state index is -1.59. The molecule has 6 heterocycles. The number of fused-ring (bicyclic) bond motifs is 6. The van der Waals surface area contributed by atoms with E-state index in [1.165, 1.54) is 19.6 Å². The number of hydrogen-bond acceptors (Lipinski definition) is 10. The number of nitrogens with zero attached hydrogens (tertiary/aromatic N) is 3. The standard InChI is InChI=1S/C47H60N4O7/c1-8-30-22-31-25-46(43(53)56-7,39-33(16-20-50(26-30)27-31)32-14-11-12-15-36(32)48-39)35-23-34-37(24-38(35)55-6)49(5)41-45(34)18-21-51-19-13-17-44(9-2,40(45)51)42(58-29(4)52)47(41,54)28-57-10-3/h11-15,17,22-24,31,40-42,48,54H,8-10,16,18-21,25-28H2,1-7H3/t31-,40?,41+,42+,44+,45+,46-,47-/m0/s1. The van der Waals surface area contributed by atoms with Crippen LogP contribution in [0, 0.1) is 11.3 Å². The van der Waals surface area contributed by atoms with E-state index in [0.29, 0.717) is 25.2 Å². The molecule has 0 radical (unpaired) electrons. The number of benzene rings is 2. The van der Waals surface area contributed by atoms with E-state index in [-0.39, 0.29) is 24.5 Å². The first-order valence-electron chi connectivity index (χ1n) is 21.4. The van der Waals surface area contributed by atoms with Crippen molar-refractivity contribution >= 4 is 28.5 Å². The highest BCUT2D eigenvalue weighted by Crippen LogP contribution is 2.68. The molecule has 1 saturated carbocycles. The first kappa shape index (κ1) is 39.3. The number of H-pyrrole nitrogens is 1. The lowest BCUT2D eigenvalue weighted by molar-refractivity contribution is -0.232. The molecule has 2 fully saturated rings. The second-order valence-corrected chi connectivity index (χ2v) is 17.8. The van der Waals surface area contributed by atoms with Crippen molar-refractivity contribution in [2.45, 2.75) is 94.4 Å². The largest absolute Gasteiger partial charge is 0.496 e. The van der Waals surface area contributed by atoms with Gasteiger partial charge < -0.3 is 33.9 Å². The Hall–Kier alpha value is -4.16. The fraction of sp³-hybridized carbons (Fsp3) is 0.574. The summed E-state index contributed by atoms with van der Waals surface area (Å²) in [6.07, 6.45) is 9.56. The maximum absolute atomic E-state index is 15.3. The molecular weight excluding hydrogens is 733 g/mol. The van der Waals surface area contributed by atoms with Gasteiger partial charge in [0.25, 0.3) is 0 Å². The van der Waals surface area contributed by atoms with Gasteiger partial charge in [0.15, 0.2) is 0 Å². The van der Waals surface area contributed by atoms with Gasteiger partial charge in [0.1, 0.15) is 22.9 Å². The van der Waals surface area contributed by atoms with Gasteiger partial charge in [0.05, 0.1) is 26.9 Å². The molecule has 3 aromatic rings. The predicted octanol–water partition coefficient (Wildman–Crippen LogP) is 5.66. The highest BCUT2D eigenvalue weighted by Gasteiger charge is 2.78. The topological polar surface area (TPSA) is 117 Å². The molecule has 9 rings (SSSR count). The third kappa shape index (κ3) is 5.24. The molecule has 6 aliphatic rings. The minimum Gasteiger partial charge on any atom is -0.496 e. The summed E-state index contributed by atoms with van der Waals surface area (Å²) in [5.74, 6) is -0.0955. The second-order valence-electron chi connectivity index (χ2n) is 17.8. The number of aromatic nitrogens is 1. The molecule has 5 aliphatic heterocycles. The Balaban J connectivity index is 1.36. The third-order valence-electron chi connectivity index (χ3n) is 15.2. The number of anilines is 1. The van der Waals surface area contributed by atoms with Gasteiger partial charge in [-0.2, -0.15) is 0 Å². The third-order valence-corrected chi connectivity index (χ3v) is 15.2. The zero-order chi connectivity index (χ0) is 40.8. The summed E-state index contributed by atoms with van der Waals surface area (Å²) < 4.78 is 25.0. The highest BCUT2D eigenvalue weighted by molar-refractivity contribution is 5.94. The summed E-state index contributed by atoms with van der Waals surface area (Å²) in [6, 6.07) is 12.1. The van der Waals surface area contributed by atoms with E-state index in [1.807, 2.05) is 20.0 Å². The maximum atomic E-state index is 15.3. The van der Waals surface area contributed by atoms with Gasteiger partial charge in [0, 0.05) is 97.5 Å². The number of carbonyl (C=O) groups is 2. The highest BCUT2D eigenvalue weighted by atomic mass is 16.6.